The lowest BCUT2D eigenvalue weighted by Crippen LogP contribution is -1.97. The van der Waals surface area contributed by atoms with E-state index in [4.69, 9.17) is 4.74 Å². The van der Waals surface area contributed by atoms with E-state index in [0.29, 0.717) is 6.61 Å². The lowest BCUT2D eigenvalue weighted by molar-refractivity contribution is 0.305. The van der Waals surface area contributed by atoms with Gasteiger partial charge in [0.2, 0.25) is 0 Å². The van der Waals surface area contributed by atoms with Gasteiger partial charge in [0.25, 0.3) is 0 Å². The molecule has 0 N–H and O–H groups in total. The molecular weight excluding hydrogens is 244 g/mol. The van der Waals surface area contributed by atoms with Crippen LogP contribution in [0.4, 0.5) is 0 Å². The highest BCUT2D eigenvalue weighted by molar-refractivity contribution is 7.09. The first-order chi connectivity index (χ1) is 8.83. The van der Waals surface area contributed by atoms with Crippen molar-refractivity contribution in [3.05, 3.63) is 52.6 Å². The minimum atomic E-state index is 0.486. The number of ether oxygens (including phenoxy) is 1. The van der Waals surface area contributed by atoms with Crippen molar-refractivity contribution in [1.29, 1.82) is 0 Å². The number of aromatic nitrogens is 2. The average Bonchev–Trinajstić information content (AvgIpc) is 2.82. The highest BCUT2D eigenvalue weighted by Gasteiger charge is 2.04. The molecule has 90 valence electrons. The van der Waals surface area contributed by atoms with Crippen LogP contribution in [0.2, 0.25) is 0 Å². The van der Waals surface area contributed by atoms with Crippen molar-refractivity contribution in [2.75, 3.05) is 0 Å². The van der Waals surface area contributed by atoms with E-state index >= 15 is 0 Å². The molecule has 0 aliphatic heterocycles. The predicted octanol–water partition coefficient (Wildman–Crippen LogP) is 3.58. The molecule has 1 aromatic carbocycles. The molecule has 0 saturated carbocycles. The maximum absolute atomic E-state index is 5.80. The van der Waals surface area contributed by atoms with Crippen LogP contribution in [-0.2, 0) is 6.61 Å². The van der Waals surface area contributed by atoms with E-state index in [1.54, 1.807) is 17.5 Å². The van der Waals surface area contributed by atoms with Gasteiger partial charge in [-0.15, -0.1) is 11.3 Å². The standard InChI is InChI=1S/C14H12N2OS/c1-10-16-12(9-18-10)8-17-13-6-2-4-11-5-3-7-15-14(11)13/h2-7,9H,8H2,1H3. The van der Waals surface area contributed by atoms with Crippen molar-refractivity contribution in [2.45, 2.75) is 13.5 Å². The summed E-state index contributed by atoms with van der Waals surface area (Å²) < 4.78 is 5.80. The summed E-state index contributed by atoms with van der Waals surface area (Å²) in [5.74, 6) is 0.804. The summed E-state index contributed by atoms with van der Waals surface area (Å²) >= 11 is 1.64. The minimum absolute atomic E-state index is 0.486. The monoisotopic (exact) mass is 256 g/mol. The summed E-state index contributed by atoms with van der Waals surface area (Å²) in [6.45, 7) is 2.48. The molecule has 0 aliphatic carbocycles. The van der Waals surface area contributed by atoms with Gasteiger partial charge in [-0.2, -0.15) is 0 Å². The molecule has 0 radical (unpaired) electrons. The fourth-order valence-corrected chi connectivity index (χ4v) is 2.42. The van der Waals surface area contributed by atoms with Crippen LogP contribution in [0.5, 0.6) is 5.75 Å². The zero-order chi connectivity index (χ0) is 12.4. The Bertz CT molecular complexity index is 673. The first kappa shape index (κ1) is 11.2. The Morgan fingerprint density at radius 2 is 2.11 bits per heavy atom. The molecule has 3 rings (SSSR count). The van der Waals surface area contributed by atoms with Gasteiger partial charge < -0.3 is 4.74 Å². The Morgan fingerprint density at radius 1 is 1.22 bits per heavy atom. The Balaban J connectivity index is 1.86. The molecule has 2 aromatic heterocycles. The van der Waals surface area contributed by atoms with Gasteiger partial charge in [0.15, 0.2) is 0 Å². The highest BCUT2D eigenvalue weighted by atomic mass is 32.1. The van der Waals surface area contributed by atoms with Crippen molar-refractivity contribution in [1.82, 2.24) is 9.97 Å². The van der Waals surface area contributed by atoms with Crippen LogP contribution in [0.15, 0.2) is 41.9 Å². The predicted molar refractivity (Wildman–Crippen MR) is 72.9 cm³/mol. The van der Waals surface area contributed by atoms with E-state index in [0.717, 1.165) is 27.4 Å². The molecule has 4 heteroatoms. The number of benzene rings is 1. The van der Waals surface area contributed by atoms with Gasteiger partial charge in [0, 0.05) is 17.0 Å². The van der Waals surface area contributed by atoms with Crippen LogP contribution in [0.3, 0.4) is 0 Å². The van der Waals surface area contributed by atoms with E-state index in [1.165, 1.54) is 0 Å². The molecule has 2 heterocycles. The van der Waals surface area contributed by atoms with E-state index in [9.17, 15) is 0 Å². The molecule has 0 bridgehead atoms. The quantitative estimate of drug-likeness (QED) is 0.718. The Kier molecular flexibility index (Phi) is 2.94. The number of para-hydroxylation sites is 1. The van der Waals surface area contributed by atoms with Gasteiger partial charge in [-0.05, 0) is 19.1 Å². The van der Waals surface area contributed by atoms with Crippen LogP contribution in [0.25, 0.3) is 10.9 Å². The maximum atomic E-state index is 5.80. The van der Waals surface area contributed by atoms with Crippen molar-refractivity contribution < 1.29 is 4.74 Å². The molecule has 0 aliphatic rings. The number of hydrogen-bond donors (Lipinski definition) is 0. The van der Waals surface area contributed by atoms with Crippen LogP contribution in [0, 0.1) is 6.92 Å². The molecule has 0 amide bonds. The van der Waals surface area contributed by atoms with Crippen molar-refractivity contribution in [2.24, 2.45) is 0 Å². The SMILES string of the molecule is Cc1nc(COc2cccc3cccnc23)cs1. The molecule has 0 saturated heterocycles. The van der Waals surface area contributed by atoms with Crippen molar-refractivity contribution in [3.8, 4) is 5.75 Å². The smallest absolute Gasteiger partial charge is 0.146 e. The fourth-order valence-electron chi connectivity index (χ4n) is 1.82. The molecule has 3 aromatic rings. The highest BCUT2D eigenvalue weighted by Crippen LogP contribution is 2.23. The number of aryl methyl sites for hydroxylation is 1. The third kappa shape index (κ3) is 2.19. The Hall–Kier alpha value is -1.94. The van der Waals surface area contributed by atoms with Crippen LogP contribution < -0.4 is 4.74 Å². The number of thiazole rings is 1. The van der Waals surface area contributed by atoms with Gasteiger partial charge >= 0.3 is 0 Å². The lowest BCUT2D eigenvalue weighted by atomic mass is 10.2. The number of fused-ring (bicyclic) bond motifs is 1. The van der Waals surface area contributed by atoms with Gasteiger partial charge in [-0.3, -0.25) is 4.98 Å². The van der Waals surface area contributed by atoms with Crippen molar-refractivity contribution in [3.63, 3.8) is 0 Å². The third-order valence-electron chi connectivity index (χ3n) is 2.64. The summed E-state index contributed by atoms with van der Waals surface area (Å²) in [7, 11) is 0. The normalized spacial score (nSPS) is 10.7. The third-order valence-corrected chi connectivity index (χ3v) is 3.46. The maximum Gasteiger partial charge on any atom is 0.146 e. The van der Waals surface area contributed by atoms with E-state index in [-0.39, 0.29) is 0 Å². The Labute approximate surface area is 109 Å². The largest absolute Gasteiger partial charge is 0.485 e. The summed E-state index contributed by atoms with van der Waals surface area (Å²) in [6, 6.07) is 9.90. The molecule has 0 atom stereocenters. The summed E-state index contributed by atoms with van der Waals surface area (Å²) in [5, 5.41) is 4.17. The zero-order valence-corrected chi connectivity index (χ0v) is 10.8. The molecule has 0 unspecified atom stereocenters. The number of nitrogens with zero attached hydrogens (tertiary/aromatic N) is 2. The lowest BCUT2D eigenvalue weighted by Gasteiger charge is -2.06. The minimum Gasteiger partial charge on any atom is -0.485 e. The second-order valence-corrected chi connectivity index (χ2v) is 5.04. The van der Waals surface area contributed by atoms with E-state index in [2.05, 4.69) is 9.97 Å². The second kappa shape index (κ2) is 4.74. The van der Waals surface area contributed by atoms with Gasteiger partial charge in [0.1, 0.15) is 17.9 Å². The second-order valence-electron chi connectivity index (χ2n) is 3.98. The summed E-state index contributed by atoms with van der Waals surface area (Å²) in [4.78, 5) is 8.73. The van der Waals surface area contributed by atoms with Gasteiger partial charge in [-0.1, -0.05) is 18.2 Å². The van der Waals surface area contributed by atoms with Crippen LogP contribution in [-0.4, -0.2) is 9.97 Å². The van der Waals surface area contributed by atoms with E-state index in [1.807, 2.05) is 42.6 Å². The first-order valence-corrected chi connectivity index (χ1v) is 6.58. The zero-order valence-electron chi connectivity index (χ0n) is 9.96. The molecule has 18 heavy (non-hydrogen) atoms. The summed E-state index contributed by atoms with van der Waals surface area (Å²) in [5.41, 5.74) is 1.86. The van der Waals surface area contributed by atoms with Gasteiger partial charge in [0.05, 0.1) is 10.7 Å². The van der Waals surface area contributed by atoms with Crippen molar-refractivity contribution >= 4 is 22.2 Å². The molecular formula is C14H12N2OS. The van der Waals surface area contributed by atoms with Gasteiger partial charge in [-0.25, -0.2) is 4.98 Å². The Morgan fingerprint density at radius 3 is 2.94 bits per heavy atom. The topological polar surface area (TPSA) is 35.0 Å². The molecule has 0 spiro atoms. The van der Waals surface area contributed by atoms with Crippen LogP contribution >= 0.6 is 11.3 Å². The average molecular weight is 256 g/mol. The van der Waals surface area contributed by atoms with E-state index < -0.39 is 0 Å². The van der Waals surface area contributed by atoms with Crippen LogP contribution in [0.1, 0.15) is 10.7 Å². The number of pyridine rings is 1. The number of rotatable bonds is 3. The first-order valence-electron chi connectivity index (χ1n) is 5.70. The summed E-state index contributed by atoms with van der Waals surface area (Å²) in [6.07, 6.45) is 1.78. The fraction of sp³-hybridized carbons (Fsp3) is 0.143. The molecule has 3 nitrogen and oxygen atoms in total. The molecule has 0 fully saturated rings. The number of hydrogen-bond acceptors (Lipinski definition) is 4.